The number of rotatable bonds is 6. The van der Waals surface area contributed by atoms with Crippen LogP contribution in [-0.4, -0.2) is 47.5 Å². The number of hydrogen-bond donors (Lipinski definition) is 1. The molecule has 2 rings (SSSR count). The highest BCUT2D eigenvalue weighted by Crippen LogP contribution is 2.30. The van der Waals surface area contributed by atoms with Crippen molar-refractivity contribution in [3.05, 3.63) is 48.0 Å². The van der Waals surface area contributed by atoms with Crippen molar-refractivity contribution in [2.45, 2.75) is 4.90 Å². The zero-order valence-electron chi connectivity index (χ0n) is 14.4. The van der Waals surface area contributed by atoms with Crippen LogP contribution in [0.25, 0.3) is 0 Å². The standard InChI is InChI=1S/C17H20N2O5S/c1-19(2)17(20)12-6-5-7-13(10-12)18-25(21,22)14-8-9-15(23-3)16(11-14)24-4/h5-11,18H,1-4H3. The Labute approximate surface area is 147 Å². The fourth-order valence-electron chi connectivity index (χ4n) is 2.17. The Morgan fingerprint density at radius 2 is 1.68 bits per heavy atom. The average molecular weight is 364 g/mol. The number of amides is 1. The van der Waals surface area contributed by atoms with Crippen molar-refractivity contribution in [3.8, 4) is 11.5 Å². The lowest BCUT2D eigenvalue weighted by atomic mass is 10.2. The maximum atomic E-state index is 12.6. The minimum absolute atomic E-state index is 0.0227. The zero-order chi connectivity index (χ0) is 18.6. The largest absolute Gasteiger partial charge is 0.493 e. The van der Waals surface area contributed by atoms with Gasteiger partial charge in [0.15, 0.2) is 11.5 Å². The lowest BCUT2D eigenvalue weighted by Gasteiger charge is -2.13. The number of nitrogens with zero attached hydrogens (tertiary/aromatic N) is 1. The molecule has 0 atom stereocenters. The second-order valence-electron chi connectivity index (χ2n) is 5.40. The van der Waals surface area contributed by atoms with Gasteiger partial charge in [0.2, 0.25) is 0 Å². The Morgan fingerprint density at radius 1 is 1.00 bits per heavy atom. The molecule has 0 heterocycles. The first kappa shape index (κ1) is 18.6. The number of benzene rings is 2. The predicted molar refractivity (Wildman–Crippen MR) is 94.8 cm³/mol. The molecule has 25 heavy (non-hydrogen) atoms. The van der Waals surface area contributed by atoms with Crippen LogP contribution in [0.3, 0.4) is 0 Å². The van der Waals surface area contributed by atoms with Crippen molar-refractivity contribution in [1.29, 1.82) is 0 Å². The summed E-state index contributed by atoms with van der Waals surface area (Å²) in [6.45, 7) is 0. The van der Waals surface area contributed by atoms with E-state index in [1.165, 1.54) is 43.4 Å². The second-order valence-corrected chi connectivity index (χ2v) is 7.09. The van der Waals surface area contributed by atoms with E-state index < -0.39 is 10.0 Å². The van der Waals surface area contributed by atoms with Crippen LogP contribution < -0.4 is 14.2 Å². The molecule has 0 radical (unpaired) electrons. The van der Waals surface area contributed by atoms with Crippen LogP contribution in [0.4, 0.5) is 5.69 Å². The number of carbonyl (C=O) groups is 1. The van der Waals surface area contributed by atoms with Gasteiger partial charge in [-0.25, -0.2) is 8.42 Å². The van der Waals surface area contributed by atoms with Gasteiger partial charge in [0.25, 0.3) is 15.9 Å². The summed E-state index contributed by atoms with van der Waals surface area (Å²) in [5.74, 6) is 0.522. The van der Waals surface area contributed by atoms with Gasteiger partial charge in [0.05, 0.1) is 19.1 Å². The van der Waals surface area contributed by atoms with Crippen LogP contribution in [0, 0.1) is 0 Å². The van der Waals surface area contributed by atoms with E-state index in [2.05, 4.69) is 4.72 Å². The van der Waals surface area contributed by atoms with Crippen LogP contribution in [0.5, 0.6) is 11.5 Å². The van der Waals surface area contributed by atoms with Gasteiger partial charge in [0.1, 0.15) is 0 Å². The number of carbonyl (C=O) groups excluding carboxylic acids is 1. The SMILES string of the molecule is COc1ccc(S(=O)(=O)Nc2cccc(C(=O)N(C)C)c2)cc1OC. The Kier molecular flexibility index (Phi) is 5.53. The number of anilines is 1. The molecule has 0 bridgehead atoms. The molecular formula is C17H20N2O5S. The van der Waals surface area contributed by atoms with E-state index in [9.17, 15) is 13.2 Å². The number of sulfonamides is 1. The molecule has 0 unspecified atom stereocenters. The first-order valence-electron chi connectivity index (χ1n) is 7.35. The molecule has 0 spiro atoms. The van der Waals surface area contributed by atoms with E-state index >= 15 is 0 Å². The van der Waals surface area contributed by atoms with Gasteiger partial charge in [-0.15, -0.1) is 0 Å². The molecule has 0 aliphatic heterocycles. The summed E-state index contributed by atoms with van der Waals surface area (Å²) in [6.07, 6.45) is 0. The van der Waals surface area contributed by atoms with E-state index in [-0.39, 0.29) is 10.8 Å². The molecule has 0 fully saturated rings. The van der Waals surface area contributed by atoms with Gasteiger partial charge in [-0.2, -0.15) is 0 Å². The Hall–Kier alpha value is -2.74. The molecule has 0 saturated heterocycles. The third-order valence-corrected chi connectivity index (χ3v) is 4.81. The Balaban J connectivity index is 2.33. The molecule has 134 valence electrons. The number of ether oxygens (including phenoxy) is 2. The summed E-state index contributed by atoms with van der Waals surface area (Å²) in [4.78, 5) is 13.4. The van der Waals surface area contributed by atoms with Gasteiger partial charge in [-0.05, 0) is 30.3 Å². The topological polar surface area (TPSA) is 84.9 Å². The van der Waals surface area contributed by atoms with Gasteiger partial charge in [0, 0.05) is 31.4 Å². The molecular weight excluding hydrogens is 344 g/mol. The summed E-state index contributed by atoms with van der Waals surface area (Å²) < 4.78 is 37.9. The first-order chi connectivity index (χ1) is 11.8. The average Bonchev–Trinajstić information content (AvgIpc) is 2.60. The summed E-state index contributed by atoms with van der Waals surface area (Å²) in [6, 6.07) is 10.6. The van der Waals surface area contributed by atoms with E-state index in [1.54, 1.807) is 32.3 Å². The lowest BCUT2D eigenvalue weighted by Crippen LogP contribution is -2.22. The monoisotopic (exact) mass is 364 g/mol. The van der Waals surface area contributed by atoms with Gasteiger partial charge >= 0.3 is 0 Å². The molecule has 2 aromatic carbocycles. The van der Waals surface area contributed by atoms with Crippen molar-refractivity contribution in [3.63, 3.8) is 0 Å². The Morgan fingerprint density at radius 3 is 2.28 bits per heavy atom. The molecule has 0 aliphatic rings. The zero-order valence-corrected chi connectivity index (χ0v) is 15.3. The van der Waals surface area contributed by atoms with Crippen LogP contribution >= 0.6 is 0 Å². The highest BCUT2D eigenvalue weighted by atomic mass is 32.2. The van der Waals surface area contributed by atoms with Gasteiger partial charge in [-0.1, -0.05) is 6.07 Å². The quantitative estimate of drug-likeness (QED) is 0.849. The van der Waals surface area contributed by atoms with Crippen LogP contribution in [0.1, 0.15) is 10.4 Å². The number of hydrogen-bond acceptors (Lipinski definition) is 5. The second kappa shape index (κ2) is 7.43. The van der Waals surface area contributed by atoms with Crippen LogP contribution in [0.2, 0.25) is 0 Å². The Bertz CT molecular complexity index is 878. The van der Waals surface area contributed by atoms with Crippen molar-refractivity contribution in [1.82, 2.24) is 4.90 Å². The lowest BCUT2D eigenvalue weighted by molar-refractivity contribution is 0.0827. The van der Waals surface area contributed by atoms with E-state index in [0.717, 1.165) is 0 Å². The first-order valence-corrected chi connectivity index (χ1v) is 8.83. The number of methoxy groups -OCH3 is 2. The third kappa shape index (κ3) is 4.21. The maximum Gasteiger partial charge on any atom is 0.262 e. The van der Waals surface area contributed by atoms with Crippen LogP contribution in [-0.2, 0) is 10.0 Å². The fourth-order valence-corrected chi connectivity index (χ4v) is 3.24. The van der Waals surface area contributed by atoms with E-state index in [1.807, 2.05) is 0 Å². The summed E-state index contributed by atoms with van der Waals surface area (Å²) in [5.41, 5.74) is 0.681. The molecule has 1 amide bonds. The highest BCUT2D eigenvalue weighted by molar-refractivity contribution is 7.92. The van der Waals surface area contributed by atoms with Crippen molar-refractivity contribution in [2.24, 2.45) is 0 Å². The molecule has 1 N–H and O–H groups in total. The van der Waals surface area contributed by atoms with Gasteiger partial charge < -0.3 is 14.4 Å². The minimum atomic E-state index is -3.84. The molecule has 0 aliphatic carbocycles. The van der Waals surface area contributed by atoms with Gasteiger partial charge in [-0.3, -0.25) is 9.52 Å². The summed E-state index contributed by atoms with van der Waals surface area (Å²) in [5, 5.41) is 0. The normalized spacial score (nSPS) is 10.9. The minimum Gasteiger partial charge on any atom is -0.493 e. The molecule has 0 saturated carbocycles. The van der Waals surface area contributed by atoms with E-state index in [4.69, 9.17) is 9.47 Å². The van der Waals surface area contributed by atoms with Crippen molar-refractivity contribution in [2.75, 3.05) is 33.0 Å². The molecule has 0 aromatic heterocycles. The smallest absolute Gasteiger partial charge is 0.262 e. The number of nitrogens with one attached hydrogen (secondary N) is 1. The molecule has 2 aromatic rings. The fraction of sp³-hybridized carbons (Fsp3) is 0.235. The van der Waals surface area contributed by atoms with Crippen molar-refractivity contribution < 1.29 is 22.7 Å². The van der Waals surface area contributed by atoms with Crippen LogP contribution in [0.15, 0.2) is 47.4 Å². The maximum absolute atomic E-state index is 12.6. The summed E-state index contributed by atoms with van der Waals surface area (Å²) >= 11 is 0. The highest BCUT2D eigenvalue weighted by Gasteiger charge is 2.18. The van der Waals surface area contributed by atoms with E-state index in [0.29, 0.717) is 22.7 Å². The third-order valence-electron chi connectivity index (χ3n) is 3.43. The molecule has 7 nitrogen and oxygen atoms in total. The summed E-state index contributed by atoms with van der Waals surface area (Å²) in [7, 11) is 2.31. The van der Waals surface area contributed by atoms with Crippen molar-refractivity contribution >= 4 is 21.6 Å². The molecule has 8 heteroatoms. The predicted octanol–water partition coefficient (Wildman–Crippen LogP) is 2.21.